The highest BCUT2D eigenvalue weighted by Gasteiger charge is 2.07. The Morgan fingerprint density at radius 2 is 1.62 bits per heavy atom. The number of hydrogen-bond donors (Lipinski definition) is 0. The van der Waals surface area contributed by atoms with E-state index >= 15 is 0 Å². The first-order chi connectivity index (χ1) is 12.6. The SMILES string of the molecule is O=C(CCCc1ccc([N+](=O)[O-])cc1)OCc1ccc2ccccc2c1. The molecule has 0 aliphatic heterocycles. The topological polar surface area (TPSA) is 69.4 Å². The predicted octanol–water partition coefficient (Wildman–Crippen LogP) is 4.81. The van der Waals surface area contributed by atoms with Gasteiger partial charge in [0.1, 0.15) is 6.61 Å². The zero-order valence-corrected chi connectivity index (χ0v) is 14.3. The van der Waals surface area contributed by atoms with Gasteiger partial charge >= 0.3 is 5.97 Å². The number of hydrogen-bond acceptors (Lipinski definition) is 4. The summed E-state index contributed by atoms with van der Waals surface area (Å²) in [5, 5.41) is 12.9. The molecular weight excluding hydrogens is 330 g/mol. The van der Waals surface area contributed by atoms with Crippen LogP contribution < -0.4 is 0 Å². The van der Waals surface area contributed by atoms with E-state index in [1.54, 1.807) is 12.1 Å². The average Bonchev–Trinajstić information content (AvgIpc) is 2.66. The molecule has 0 aromatic heterocycles. The normalized spacial score (nSPS) is 10.6. The summed E-state index contributed by atoms with van der Waals surface area (Å²) in [5.41, 5.74) is 2.01. The Bertz CT molecular complexity index is 919. The Labute approximate surface area is 151 Å². The van der Waals surface area contributed by atoms with Crippen molar-refractivity contribution < 1.29 is 14.5 Å². The molecule has 0 fully saturated rings. The van der Waals surface area contributed by atoms with Crippen LogP contribution in [0, 0.1) is 10.1 Å². The van der Waals surface area contributed by atoms with Crippen molar-refractivity contribution in [1.29, 1.82) is 0 Å². The van der Waals surface area contributed by atoms with Crippen LogP contribution in [0.4, 0.5) is 5.69 Å². The van der Waals surface area contributed by atoms with Crippen molar-refractivity contribution in [3.8, 4) is 0 Å². The second-order valence-corrected chi connectivity index (χ2v) is 6.12. The van der Waals surface area contributed by atoms with E-state index in [2.05, 4.69) is 0 Å². The third-order valence-electron chi connectivity index (χ3n) is 4.21. The summed E-state index contributed by atoms with van der Waals surface area (Å²) in [6.07, 6.45) is 1.65. The Morgan fingerprint density at radius 1 is 0.923 bits per heavy atom. The Hall–Kier alpha value is -3.21. The lowest BCUT2D eigenvalue weighted by Gasteiger charge is -2.06. The highest BCUT2D eigenvalue weighted by atomic mass is 16.6. The van der Waals surface area contributed by atoms with Crippen molar-refractivity contribution in [1.82, 2.24) is 0 Å². The number of carbonyl (C=O) groups excluding carboxylic acids is 1. The fraction of sp³-hybridized carbons (Fsp3) is 0.190. The molecule has 0 aliphatic rings. The summed E-state index contributed by atoms with van der Waals surface area (Å²) < 4.78 is 5.34. The third kappa shape index (κ3) is 4.66. The van der Waals surface area contributed by atoms with Gasteiger partial charge in [-0.2, -0.15) is 0 Å². The number of esters is 1. The molecule has 5 heteroatoms. The van der Waals surface area contributed by atoms with E-state index in [0.717, 1.165) is 21.9 Å². The van der Waals surface area contributed by atoms with E-state index < -0.39 is 4.92 Å². The second-order valence-electron chi connectivity index (χ2n) is 6.12. The number of aryl methyl sites for hydroxylation is 1. The summed E-state index contributed by atoms with van der Waals surface area (Å²) in [5.74, 6) is -0.236. The van der Waals surface area contributed by atoms with Gasteiger partial charge in [0.25, 0.3) is 5.69 Å². The average molecular weight is 349 g/mol. The first kappa shape index (κ1) is 17.6. The number of carbonyl (C=O) groups is 1. The van der Waals surface area contributed by atoms with Gasteiger partial charge in [-0.15, -0.1) is 0 Å². The molecule has 0 atom stereocenters. The number of fused-ring (bicyclic) bond motifs is 1. The number of nitrogens with zero attached hydrogens (tertiary/aromatic N) is 1. The maximum Gasteiger partial charge on any atom is 0.306 e. The van der Waals surface area contributed by atoms with Crippen LogP contribution in [0.2, 0.25) is 0 Å². The Morgan fingerprint density at radius 3 is 2.35 bits per heavy atom. The minimum atomic E-state index is -0.423. The van der Waals surface area contributed by atoms with Gasteiger partial charge in [-0.05, 0) is 40.8 Å². The van der Waals surface area contributed by atoms with Crippen LogP contribution in [-0.4, -0.2) is 10.9 Å². The van der Waals surface area contributed by atoms with Crippen LogP contribution in [0.5, 0.6) is 0 Å². The summed E-state index contributed by atoms with van der Waals surface area (Å²) in [6.45, 7) is 0.265. The number of nitro benzene ring substituents is 1. The van der Waals surface area contributed by atoms with Gasteiger partial charge in [0.05, 0.1) is 4.92 Å². The lowest BCUT2D eigenvalue weighted by atomic mass is 10.1. The lowest BCUT2D eigenvalue weighted by Crippen LogP contribution is -2.05. The predicted molar refractivity (Wildman–Crippen MR) is 99.8 cm³/mol. The molecule has 26 heavy (non-hydrogen) atoms. The molecule has 0 aliphatic carbocycles. The van der Waals surface area contributed by atoms with Gasteiger partial charge in [0.15, 0.2) is 0 Å². The van der Waals surface area contributed by atoms with E-state index in [9.17, 15) is 14.9 Å². The summed E-state index contributed by atoms with van der Waals surface area (Å²) in [7, 11) is 0. The molecule has 132 valence electrons. The molecule has 0 radical (unpaired) electrons. The van der Waals surface area contributed by atoms with Gasteiger partial charge in [0.2, 0.25) is 0 Å². The van der Waals surface area contributed by atoms with Crippen LogP contribution >= 0.6 is 0 Å². The zero-order valence-electron chi connectivity index (χ0n) is 14.3. The summed E-state index contributed by atoms with van der Waals surface area (Å²) in [6, 6.07) is 20.5. The number of nitro groups is 1. The van der Waals surface area contributed by atoms with Crippen LogP contribution in [0.25, 0.3) is 10.8 Å². The van der Waals surface area contributed by atoms with Crippen LogP contribution in [0.3, 0.4) is 0 Å². The molecule has 0 saturated heterocycles. The maximum atomic E-state index is 11.9. The van der Waals surface area contributed by atoms with Crippen molar-refractivity contribution in [2.24, 2.45) is 0 Å². The first-order valence-corrected chi connectivity index (χ1v) is 8.48. The molecule has 3 aromatic rings. The number of benzene rings is 3. The van der Waals surface area contributed by atoms with Crippen molar-refractivity contribution in [3.05, 3.63) is 88.0 Å². The van der Waals surface area contributed by atoms with Gasteiger partial charge in [-0.25, -0.2) is 0 Å². The van der Waals surface area contributed by atoms with Gasteiger partial charge < -0.3 is 4.74 Å². The molecule has 0 unspecified atom stereocenters. The van der Waals surface area contributed by atoms with Crippen molar-refractivity contribution >= 4 is 22.4 Å². The van der Waals surface area contributed by atoms with E-state index in [-0.39, 0.29) is 18.3 Å². The molecule has 0 saturated carbocycles. The summed E-state index contributed by atoms with van der Waals surface area (Å²) >= 11 is 0. The quantitative estimate of drug-likeness (QED) is 0.348. The standard InChI is InChI=1S/C21H19NO4/c23-21(7-3-4-16-9-12-20(13-10-16)22(24)25)26-15-17-8-11-18-5-1-2-6-19(18)14-17/h1-2,5-6,8-14H,3-4,7,15H2. The van der Waals surface area contributed by atoms with Crippen molar-refractivity contribution in [3.63, 3.8) is 0 Å². The lowest BCUT2D eigenvalue weighted by molar-refractivity contribution is -0.384. The Balaban J connectivity index is 1.44. The number of non-ortho nitro benzene ring substituents is 1. The van der Waals surface area contributed by atoms with E-state index in [1.807, 2.05) is 42.5 Å². The zero-order chi connectivity index (χ0) is 18.4. The molecule has 0 spiro atoms. The fourth-order valence-corrected chi connectivity index (χ4v) is 2.79. The van der Waals surface area contributed by atoms with Gasteiger partial charge in [-0.3, -0.25) is 14.9 Å². The third-order valence-corrected chi connectivity index (χ3v) is 4.21. The molecule has 0 N–H and O–H groups in total. The largest absolute Gasteiger partial charge is 0.461 e. The van der Waals surface area contributed by atoms with Crippen molar-refractivity contribution in [2.45, 2.75) is 25.9 Å². The molecule has 3 aromatic carbocycles. The molecule has 5 nitrogen and oxygen atoms in total. The highest BCUT2D eigenvalue weighted by molar-refractivity contribution is 5.83. The van der Waals surface area contributed by atoms with Crippen LogP contribution in [0.15, 0.2) is 66.7 Å². The maximum absolute atomic E-state index is 11.9. The number of ether oxygens (including phenoxy) is 1. The number of rotatable bonds is 7. The molecule has 3 rings (SSSR count). The minimum Gasteiger partial charge on any atom is -0.461 e. The highest BCUT2D eigenvalue weighted by Crippen LogP contribution is 2.17. The van der Waals surface area contributed by atoms with Crippen LogP contribution in [0.1, 0.15) is 24.0 Å². The molecule has 0 bridgehead atoms. The van der Waals surface area contributed by atoms with Gasteiger partial charge in [0, 0.05) is 18.6 Å². The van der Waals surface area contributed by atoms with E-state index in [0.29, 0.717) is 19.3 Å². The minimum absolute atomic E-state index is 0.0727. The monoisotopic (exact) mass is 349 g/mol. The Kier molecular flexibility index (Phi) is 5.59. The van der Waals surface area contributed by atoms with E-state index in [4.69, 9.17) is 4.74 Å². The fourth-order valence-electron chi connectivity index (χ4n) is 2.79. The molecule has 0 amide bonds. The van der Waals surface area contributed by atoms with Gasteiger partial charge in [-0.1, -0.05) is 48.5 Å². The second kappa shape index (κ2) is 8.25. The first-order valence-electron chi connectivity index (χ1n) is 8.48. The molecule has 0 heterocycles. The van der Waals surface area contributed by atoms with E-state index in [1.165, 1.54) is 12.1 Å². The van der Waals surface area contributed by atoms with Crippen LogP contribution in [-0.2, 0) is 22.6 Å². The van der Waals surface area contributed by atoms with Crippen molar-refractivity contribution in [2.75, 3.05) is 0 Å². The smallest absolute Gasteiger partial charge is 0.306 e. The molecular formula is C21H19NO4. The summed E-state index contributed by atoms with van der Waals surface area (Å²) in [4.78, 5) is 22.1.